The van der Waals surface area contributed by atoms with Gasteiger partial charge < -0.3 is 24.1 Å². The Labute approximate surface area is 177 Å². The maximum atomic E-state index is 5.75. The largest absolute Gasteiger partial charge is 0.467 e. The Kier molecular flexibility index (Phi) is 5.97. The molecule has 1 N–H and O–H groups in total. The van der Waals surface area contributed by atoms with Gasteiger partial charge in [0.05, 0.1) is 30.6 Å². The van der Waals surface area contributed by atoms with Crippen molar-refractivity contribution in [3.05, 3.63) is 78.3 Å². The highest BCUT2D eigenvalue weighted by Crippen LogP contribution is 2.38. The monoisotopic (exact) mass is 409 g/mol. The highest BCUT2D eigenvalue weighted by molar-refractivity contribution is 7.80. The van der Waals surface area contributed by atoms with Crippen molar-refractivity contribution >= 4 is 17.3 Å². The number of pyridine rings is 1. The minimum atomic E-state index is 0.00769. The second kappa shape index (κ2) is 8.80. The maximum Gasteiger partial charge on any atom is 0.170 e. The van der Waals surface area contributed by atoms with Crippen LogP contribution in [0.2, 0.25) is 0 Å². The van der Waals surface area contributed by atoms with Gasteiger partial charge in [-0.15, -0.1) is 0 Å². The number of rotatable bonds is 8. The van der Waals surface area contributed by atoms with Crippen molar-refractivity contribution in [2.75, 3.05) is 27.2 Å². The lowest BCUT2D eigenvalue weighted by Crippen LogP contribution is -2.33. The molecule has 0 spiro atoms. The highest BCUT2D eigenvalue weighted by Gasteiger charge is 2.40. The smallest absolute Gasteiger partial charge is 0.170 e. The second-order valence-corrected chi connectivity index (χ2v) is 8.00. The van der Waals surface area contributed by atoms with Crippen molar-refractivity contribution in [3.8, 4) is 0 Å². The molecule has 1 aliphatic heterocycles. The summed E-state index contributed by atoms with van der Waals surface area (Å²) in [5, 5.41) is 4.31. The lowest BCUT2D eigenvalue weighted by atomic mass is 10.0. The van der Waals surface area contributed by atoms with Gasteiger partial charge in [0, 0.05) is 24.6 Å². The molecular formula is C22H27N5OS. The van der Waals surface area contributed by atoms with E-state index in [2.05, 4.69) is 63.2 Å². The predicted octanol–water partition coefficient (Wildman–Crippen LogP) is 3.45. The van der Waals surface area contributed by atoms with Crippen LogP contribution in [0.15, 0.2) is 65.5 Å². The van der Waals surface area contributed by atoms with Gasteiger partial charge in [-0.2, -0.15) is 0 Å². The minimum Gasteiger partial charge on any atom is -0.467 e. The Balaban J connectivity index is 1.66. The lowest BCUT2D eigenvalue weighted by Gasteiger charge is -2.29. The third-order valence-corrected chi connectivity index (χ3v) is 5.63. The van der Waals surface area contributed by atoms with Gasteiger partial charge >= 0.3 is 0 Å². The molecule has 6 nitrogen and oxygen atoms in total. The van der Waals surface area contributed by atoms with Crippen LogP contribution in [0.5, 0.6) is 0 Å². The van der Waals surface area contributed by atoms with Crippen molar-refractivity contribution in [2.24, 2.45) is 0 Å². The Hall–Kier alpha value is -2.64. The van der Waals surface area contributed by atoms with Gasteiger partial charge in [-0.05, 0) is 75.7 Å². The van der Waals surface area contributed by atoms with Gasteiger partial charge in [0.15, 0.2) is 5.11 Å². The first-order valence-corrected chi connectivity index (χ1v) is 10.3. The average Bonchev–Trinajstić information content (AvgIpc) is 3.44. The minimum absolute atomic E-state index is 0.00769. The summed E-state index contributed by atoms with van der Waals surface area (Å²) >= 11 is 5.75. The zero-order valence-corrected chi connectivity index (χ0v) is 17.7. The van der Waals surface area contributed by atoms with E-state index in [1.54, 1.807) is 6.26 Å². The Morgan fingerprint density at radius 3 is 2.79 bits per heavy atom. The molecular weight excluding hydrogens is 382 g/mol. The highest BCUT2D eigenvalue weighted by atomic mass is 32.1. The number of thiocarbonyl (C=S) groups is 1. The fourth-order valence-corrected chi connectivity index (χ4v) is 4.27. The summed E-state index contributed by atoms with van der Waals surface area (Å²) in [5.74, 6) is 0.935. The summed E-state index contributed by atoms with van der Waals surface area (Å²) in [6, 6.07) is 14.3. The zero-order chi connectivity index (χ0) is 20.2. The Morgan fingerprint density at radius 1 is 1.17 bits per heavy atom. The molecule has 0 amide bonds. The maximum absolute atomic E-state index is 5.75. The molecule has 0 radical (unpaired) electrons. The van der Waals surface area contributed by atoms with E-state index in [0.717, 1.165) is 36.1 Å². The van der Waals surface area contributed by atoms with E-state index >= 15 is 0 Å². The van der Waals surface area contributed by atoms with E-state index in [-0.39, 0.29) is 12.1 Å². The van der Waals surface area contributed by atoms with E-state index in [9.17, 15) is 0 Å². The molecule has 3 aromatic rings. The molecule has 2 atom stereocenters. The van der Waals surface area contributed by atoms with Crippen molar-refractivity contribution in [1.82, 2.24) is 24.7 Å². The van der Waals surface area contributed by atoms with Crippen molar-refractivity contribution in [1.29, 1.82) is 0 Å². The lowest BCUT2D eigenvalue weighted by molar-refractivity contribution is 0.282. The third-order valence-electron chi connectivity index (χ3n) is 5.28. The summed E-state index contributed by atoms with van der Waals surface area (Å²) < 4.78 is 7.83. The quantitative estimate of drug-likeness (QED) is 0.575. The number of nitrogens with one attached hydrogen (secondary N) is 1. The molecule has 3 aromatic heterocycles. The summed E-state index contributed by atoms with van der Waals surface area (Å²) in [4.78, 5) is 9.14. The molecule has 152 valence electrons. The van der Waals surface area contributed by atoms with Crippen LogP contribution >= 0.6 is 12.2 Å². The first kappa shape index (κ1) is 19.7. The number of hydrogen-bond donors (Lipinski definition) is 1. The van der Waals surface area contributed by atoms with Gasteiger partial charge in [-0.1, -0.05) is 6.07 Å². The molecule has 0 saturated carbocycles. The van der Waals surface area contributed by atoms with Crippen LogP contribution in [-0.2, 0) is 6.54 Å². The van der Waals surface area contributed by atoms with E-state index in [1.807, 2.05) is 30.5 Å². The second-order valence-electron chi connectivity index (χ2n) is 7.62. The van der Waals surface area contributed by atoms with Gasteiger partial charge in [0.25, 0.3) is 0 Å². The number of nitrogens with zero attached hydrogens (tertiary/aromatic N) is 4. The fraction of sp³-hybridized carbons (Fsp3) is 0.364. The number of aromatic nitrogens is 2. The van der Waals surface area contributed by atoms with Crippen LogP contribution in [0, 0.1) is 0 Å². The third kappa shape index (κ3) is 4.36. The molecule has 4 rings (SSSR count). The molecule has 0 unspecified atom stereocenters. The van der Waals surface area contributed by atoms with Crippen LogP contribution in [-0.4, -0.2) is 51.6 Å². The molecule has 4 heterocycles. The molecule has 0 aliphatic carbocycles. The van der Waals surface area contributed by atoms with E-state index < -0.39 is 0 Å². The van der Waals surface area contributed by atoms with Crippen LogP contribution in [0.4, 0.5) is 0 Å². The van der Waals surface area contributed by atoms with Gasteiger partial charge in [0.1, 0.15) is 5.76 Å². The van der Waals surface area contributed by atoms with Crippen molar-refractivity contribution in [3.63, 3.8) is 0 Å². The Morgan fingerprint density at radius 2 is 2.07 bits per heavy atom. The predicted molar refractivity (Wildman–Crippen MR) is 118 cm³/mol. The molecule has 1 aliphatic rings. The van der Waals surface area contributed by atoms with Crippen molar-refractivity contribution in [2.45, 2.75) is 25.0 Å². The summed E-state index contributed by atoms with van der Waals surface area (Å²) in [5.41, 5.74) is 2.20. The van der Waals surface area contributed by atoms with Crippen molar-refractivity contribution < 1.29 is 4.42 Å². The summed E-state index contributed by atoms with van der Waals surface area (Å²) in [6.07, 6.45) is 6.70. The normalized spacial score (nSPS) is 19.1. The van der Waals surface area contributed by atoms with E-state index in [4.69, 9.17) is 16.6 Å². The van der Waals surface area contributed by atoms with Gasteiger partial charge in [-0.3, -0.25) is 4.98 Å². The molecule has 1 fully saturated rings. The number of furan rings is 1. The van der Waals surface area contributed by atoms with E-state index in [0.29, 0.717) is 6.54 Å². The SMILES string of the molecule is CN(C)CCCN1C(=S)N[C@@H](c2ccccn2)[C@H]1c1cccn1Cc1ccco1. The molecule has 1 saturated heterocycles. The summed E-state index contributed by atoms with van der Waals surface area (Å²) in [6.45, 7) is 2.61. The first-order chi connectivity index (χ1) is 14.1. The van der Waals surface area contributed by atoms with Gasteiger partial charge in [-0.25, -0.2) is 0 Å². The summed E-state index contributed by atoms with van der Waals surface area (Å²) in [7, 11) is 4.20. The van der Waals surface area contributed by atoms with Crippen LogP contribution < -0.4 is 5.32 Å². The van der Waals surface area contributed by atoms with Crippen LogP contribution in [0.25, 0.3) is 0 Å². The molecule has 0 bridgehead atoms. The van der Waals surface area contributed by atoms with Crippen LogP contribution in [0.3, 0.4) is 0 Å². The number of hydrogen-bond acceptors (Lipinski definition) is 4. The van der Waals surface area contributed by atoms with E-state index in [1.165, 1.54) is 5.69 Å². The topological polar surface area (TPSA) is 49.5 Å². The fourth-order valence-electron chi connectivity index (χ4n) is 3.94. The standard InChI is InChI=1S/C22H27N5OS/c1-25(2)12-7-14-27-21(20(24-22(27)29)18-9-3-4-11-23-18)19-10-5-13-26(19)16-17-8-6-15-28-17/h3-6,8-11,13,15,20-21H,7,12,14,16H2,1-2H3,(H,24,29)/t20-,21+/m0/s1. The van der Waals surface area contributed by atoms with Crippen LogP contribution in [0.1, 0.15) is 35.7 Å². The zero-order valence-electron chi connectivity index (χ0n) is 16.9. The average molecular weight is 410 g/mol. The molecule has 0 aromatic carbocycles. The first-order valence-electron chi connectivity index (χ1n) is 9.93. The Bertz CT molecular complexity index is 922. The van der Waals surface area contributed by atoms with Gasteiger partial charge in [0.2, 0.25) is 0 Å². The molecule has 7 heteroatoms. The molecule has 29 heavy (non-hydrogen) atoms.